The fourth-order valence-electron chi connectivity index (χ4n) is 3.92. The van der Waals surface area contributed by atoms with Crippen molar-refractivity contribution in [3.8, 4) is 0 Å². The summed E-state index contributed by atoms with van der Waals surface area (Å²) in [5.74, 6) is -1.61. The van der Waals surface area contributed by atoms with Gasteiger partial charge in [0.1, 0.15) is 34.9 Å². The number of carbonyl (C=O) groups is 5. The largest absolute Gasteiger partial charge is 0.461 e. The highest BCUT2D eigenvalue weighted by atomic mass is 32.2. The van der Waals surface area contributed by atoms with Crippen LogP contribution in [0.25, 0.3) is 0 Å². The Labute approximate surface area is 242 Å². The van der Waals surface area contributed by atoms with Gasteiger partial charge in [0.2, 0.25) is 5.91 Å². The van der Waals surface area contributed by atoms with Gasteiger partial charge in [-0.1, -0.05) is 0 Å². The first kappa shape index (κ1) is 31.5. The summed E-state index contributed by atoms with van der Waals surface area (Å²) in [4.78, 5) is 67.0. The molecule has 2 atom stereocenters. The number of thioether (sulfide) groups is 1. The second kappa shape index (κ2) is 12.2. The van der Waals surface area contributed by atoms with Crippen LogP contribution in [-0.2, 0) is 46.4 Å². The summed E-state index contributed by atoms with van der Waals surface area (Å²) in [6, 6.07) is 2.87. The SMILES string of the molecule is CC(=O)OCC1=C(C(=O)OC(C)(C)C)N2C(=O)[C@@H](NC(=O)Cc3ccc(CN(C)C(=O)OC(C)(C)C)s3)[C@@H]2SC1. The van der Waals surface area contributed by atoms with Gasteiger partial charge in [-0.3, -0.25) is 19.3 Å². The van der Waals surface area contributed by atoms with Crippen LogP contribution >= 0.6 is 23.1 Å². The van der Waals surface area contributed by atoms with E-state index in [2.05, 4.69) is 5.32 Å². The average Bonchev–Trinajstić information content (AvgIpc) is 3.24. The van der Waals surface area contributed by atoms with Gasteiger partial charge >= 0.3 is 18.0 Å². The van der Waals surface area contributed by atoms with Crippen molar-refractivity contribution in [3.05, 3.63) is 33.2 Å². The van der Waals surface area contributed by atoms with Crippen LogP contribution in [0.5, 0.6) is 0 Å². The molecule has 0 aliphatic carbocycles. The zero-order valence-corrected chi connectivity index (χ0v) is 25.7. The van der Waals surface area contributed by atoms with E-state index < -0.39 is 46.6 Å². The number of hydrogen-bond donors (Lipinski definition) is 1. The number of ether oxygens (including phenoxy) is 3. The van der Waals surface area contributed by atoms with E-state index in [0.29, 0.717) is 17.9 Å². The average molecular weight is 596 g/mol. The first-order valence-electron chi connectivity index (χ1n) is 12.8. The Kier molecular flexibility index (Phi) is 9.61. The van der Waals surface area contributed by atoms with Crippen LogP contribution < -0.4 is 5.32 Å². The van der Waals surface area contributed by atoms with Crippen molar-refractivity contribution < 1.29 is 38.2 Å². The molecule has 3 rings (SSSR count). The summed E-state index contributed by atoms with van der Waals surface area (Å²) in [6.45, 7) is 12.0. The van der Waals surface area contributed by atoms with Crippen molar-refractivity contribution >= 4 is 52.9 Å². The Hall–Kier alpha value is -3.06. The molecule has 0 spiro atoms. The summed E-state index contributed by atoms with van der Waals surface area (Å²) in [5.41, 5.74) is -0.846. The third-order valence-corrected chi connectivity index (χ3v) is 7.97. The standard InChI is InChI=1S/C27H37N3O8S2/c1-15(31)36-13-16-14-39-23-20(22(33)30(23)21(16)24(34)37-26(2,3)4)28-19(32)11-17-9-10-18(40-17)12-29(8)25(35)38-27(5,6)7/h9-10,20,23H,11-14H2,1-8H3,(H,28,32)/t20-,23+/m1/s1. The molecule has 1 fully saturated rings. The summed E-state index contributed by atoms with van der Waals surface area (Å²) in [6.07, 6.45) is -0.372. The Morgan fingerprint density at radius 1 is 1.05 bits per heavy atom. The van der Waals surface area contributed by atoms with Crippen molar-refractivity contribution in [1.29, 1.82) is 0 Å². The Morgan fingerprint density at radius 2 is 1.68 bits per heavy atom. The van der Waals surface area contributed by atoms with Crippen molar-refractivity contribution in [2.45, 2.75) is 84.0 Å². The molecule has 1 aromatic heterocycles. The molecule has 0 unspecified atom stereocenters. The fraction of sp³-hybridized carbons (Fsp3) is 0.593. The van der Waals surface area contributed by atoms with Crippen LogP contribution in [0.3, 0.4) is 0 Å². The number of rotatable bonds is 8. The van der Waals surface area contributed by atoms with Gasteiger partial charge in [-0.05, 0) is 53.7 Å². The molecule has 40 heavy (non-hydrogen) atoms. The first-order valence-corrected chi connectivity index (χ1v) is 14.7. The molecular formula is C27H37N3O8S2. The number of β-lactam (4-membered cyclic amide) rings is 1. The smallest absolute Gasteiger partial charge is 0.410 e. The second-order valence-electron chi connectivity index (χ2n) is 11.6. The summed E-state index contributed by atoms with van der Waals surface area (Å²) < 4.78 is 16.0. The number of nitrogens with zero attached hydrogens (tertiary/aromatic N) is 2. The number of nitrogens with one attached hydrogen (secondary N) is 1. The summed E-state index contributed by atoms with van der Waals surface area (Å²) in [5, 5.41) is 2.31. The van der Waals surface area contributed by atoms with E-state index in [0.717, 1.165) is 9.75 Å². The van der Waals surface area contributed by atoms with E-state index in [9.17, 15) is 24.0 Å². The molecule has 1 N–H and O–H groups in total. The molecule has 13 heteroatoms. The topological polar surface area (TPSA) is 132 Å². The van der Waals surface area contributed by atoms with Gasteiger partial charge in [0.25, 0.3) is 5.91 Å². The Balaban J connectivity index is 1.63. The van der Waals surface area contributed by atoms with Gasteiger partial charge in [0.15, 0.2) is 0 Å². The van der Waals surface area contributed by atoms with Crippen molar-refractivity contribution in [3.63, 3.8) is 0 Å². The van der Waals surface area contributed by atoms with Gasteiger partial charge < -0.3 is 24.4 Å². The zero-order chi connectivity index (χ0) is 30.0. The predicted molar refractivity (Wildman–Crippen MR) is 150 cm³/mol. The number of carbonyl (C=O) groups excluding carboxylic acids is 5. The third-order valence-electron chi connectivity index (χ3n) is 5.56. The number of fused-ring (bicyclic) bond motifs is 1. The Bertz CT molecular complexity index is 1210. The monoisotopic (exact) mass is 595 g/mol. The predicted octanol–water partition coefficient (Wildman–Crippen LogP) is 3.22. The number of hydrogen-bond acceptors (Lipinski definition) is 10. The molecule has 2 aliphatic heterocycles. The minimum absolute atomic E-state index is 0.0624. The second-order valence-corrected chi connectivity index (χ2v) is 13.9. The van der Waals surface area contributed by atoms with Crippen molar-refractivity contribution in [2.75, 3.05) is 19.4 Å². The first-order chi connectivity index (χ1) is 18.4. The van der Waals surface area contributed by atoms with Crippen molar-refractivity contribution in [2.24, 2.45) is 0 Å². The van der Waals surface area contributed by atoms with Crippen LogP contribution in [0.15, 0.2) is 23.4 Å². The minimum Gasteiger partial charge on any atom is -0.461 e. The van der Waals surface area contributed by atoms with E-state index in [-0.39, 0.29) is 24.6 Å². The molecule has 0 saturated carbocycles. The maximum absolute atomic E-state index is 13.1. The highest BCUT2D eigenvalue weighted by molar-refractivity contribution is 8.00. The molecule has 3 amide bonds. The molecular weight excluding hydrogens is 558 g/mol. The highest BCUT2D eigenvalue weighted by Crippen LogP contribution is 2.41. The quantitative estimate of drug-likeness (QED) is 0.273. The highest BCUT2D eigenvalue weighted by Gasteiger charge is 2.54. The van der Waals surface area contributed by atoms with E-state index in [1.54, 1.807) is 48.6 Å². The number of esters is 2. The molecule has 220 valence electrons. The van der Waals surface area contributed by atoms with Crippen LogP contribution in [0.2, 0.25) is 0 Å². The van der Waals surface area contributed by atoms with Crippen LogP contribution in [0.4, 0.5) is 4.79 Å². The molecule has 3 heterocycles. The molecule has 0 aromatic carbocycles. The van der Waals surface area contributed by atoms with Crippen LogP contribution in [-0.4, -0.2) is 81.7 Å². The summed E-state index contributed by atoms with van der Waals surface area (Å²) in [7, 11) is 1.65. The van der Waals surface area contributed by atoms with Gasteiger partial charge in [-0.15, -0.1) is 23.1 Å². The van der Waals surface area contributed by atoms with E-state index >= 15 is 0 Å². The lowest BCUT2D eigenvalue weighted by molar-refractivity contribution is -0.159. The van der Waals surface area contributed by atoms with Crippen LogP contribution in [0.1, 0.15) is 58.2 Å². The van der Waals surface area contributed by atoms with Gasteiger partial charge in [0.05, 0.1) is 13.0 Å². The lowest BCUT2D eigenvalue weighted by Gasteiger charge is -2.49. The zero-order valence-electron chi connectivity index (χ0n) is 24.1. The maximum Gasteiger partial charge on any atom is 0.410 e. The molecule has 0 radical (unpaired) electrons. The number of thiophene rings is 1. The Morgan fingerprint density at radius 3 is 2.27 bits per heavy atom. The van der Waals surface area contributed by atoms with E-state index in [4.69, 9.17) is 14.2 Å². The third kappa shape index (κ3) is 8.23. The van der Waals surface area contributed by atoms with Gasteiger partial charge in [-0.2, -0.15) is 0 Å². The fourth-order valence-corrected chi connectivity index (χ4v) is 6.32. The van der Waals surface area contributed by atoms with E-state index in [1.807, 2.05) is 12.1 Å². The normalized spacial score (nSPS) is 18.9. The molecule has 11 nitrogen and oxygen atoms in total. The van der Waals surface area contributed by atoms with Crippen molar-refractivity contribution in [1.82, 2.24) is 15.1 Å². The lowest BCUT2D eigenvalue weighted by atomic mass is 10.0. The molecule has 0 bridgehead atoms. The lowest BCUT2D eigenvalue weighted by Crippen LogP contribution is -2.70. The summed E-state index contributed by atoms with van der Waals surface area (Å²) >= 11 is 2.77. The van der Waals surface area contributed by atoms with E-state index in [1.165, 1.54) is 39.8 Å². The molecule has 1 saturated heterocycles. The van der Waals surface area contributed by atoms with Gasteiger partial charge in [-0.25, -0.2) is 9.59 Å². The maximum atomic E-state index is 13.1. The number of amides is 3. The van der Waals surface area contributed by atoms with Gasteiger partial charge in [0, 0.05) is 35.1 Å². The van der Waals surface area contributed by atoms with Crippen LogP contribution in [0, 0.1) is 0 Å². The molecule has 2 aliphatic rings. The minimum atomic E-state index is -0.803. The molecule has 1 aromatic rings.